The van der Waals surface area contributed by atoms with Crippen LogP contribution in [-0.2, 0) is 23.8 Å². The fourth-order valence-electron chi connectivity index (χ4n) is 1.69. The van der Waals surface area contributed by atoms with E-state index in [4.69, 9.17) is 19.9 Å². The van der Waals surface area contributed by atoms with Gasteiger partial charge in [0, 0.05) is 30.5 Å². The van der Waals surface area contributed by atoms with Gasteiger partial charge in [-0.1, -0.05) is 20.8 Å². The van der Waals surface area contributed by atoms with Gasteiger partial charge in [0.2, 0.25) is 5.91 Å². The highest BCUT2D eigenvalue weighted by Crippen LogP contribution is 2.08. The summed E-state index contributed by atoms with van der Waals surface area (Å²) in [5, 5.41) is 5.13. The van der Waals surface area contributed by atoms with Gasteiger partial charge < -0.3 is 30.6 Å². The van der Waals surface area contributed by atoms with Crippen molar-refractivity contribution in [3.8, 4) is 0 Å². The van der Waals surface area contributed by atoms with Crippen LogP contribution in [0.5, 0.6) is 0 Å². The highest BCUT2D eigenvalue weighted by Gasteiger charge is 2.12. The molecular formula is C17H33N3O6S. The van der Waals surface area contributed by atoms with Gasteiger partial charge in [0.1, 0.15) is 13.4 Å². The lowest BCUT2D eigenvalue weighted by Gasteiger charge is -2.12. The van der Waals surface area contributed by atoms with Crippen molar-refractivity contribution in [1.29, 1.82) is 0 Å². The van der Waals surface area contributed by atoms with Crippen LogP contribution in [0.15, 0.2) is 0 Å². The largest absolute Gasteiger partial charge is 0.463 e. The fourth-order valence-corrected chi connectivity index (χ4v) is 2.59. The van der Waals surface area contributed by atoms with Crippen molar-refractivity contribution in [3.63, 3.8) is 0 Å². The van der Waals surface area contributed by atoms with Crippen molar-refractivity contribution in [2.75, 3.05) is 51.2 Å². The first-order chi connectivity index (χ1) is 12.9. The van der Waals surface area contributed by atoms with E-state index in [9.17, 15) is 14.4 Å². The number of nitrogens with one attached hydrogen (secondary N) is 2. The van der Waals surface area contributed by atoms with Crippen molar-refractivity contribution in [1.82, 2.24) is 10.6 Å². The summed E-state index contributed by atoms with van der Waals surface area (Å²) in [6, 6.07) is -0.607. The Morgan fingerprint density at radius 3 is 2.33 bits per heavy atom. The van der Waals surface area contributed by atoms with Crippen LogP contribution in [0.2, 0.25) is 0 Å². The first kappa shape index (κ1) is 25.5. The number of urea groups is 1. The lowest BCUT2D eigenvalue weighted by Crippen LogP contribution is -2.39. The molecule has 0 rings (SSSR count). The van der Waals surface area contributed by atoms with E-state index in [0.29, 0.717) is 32.1 Å². The van der Waals surface area contributed by atoms with Gasteiger partial charge in [-0.25, -0.2) is 4.79 Å². The number of hydrogen-bond donors (Lipinski definition) is 3. The molecule has 0 aliphatic rings. The fraction of sp³-hybridized carbons (Fsp3) is 0.824. The van der Waals surface area contributed by atoms with Crippen LogP contribution in [0.25, 0.3) is 0 Å². The zero-order valence-corrected chi connectivity index (χ0v) is 17.3. The van der Waals surface area contributed by atoms with Crippen molar-refractivity contribution in [2.45, 2.75) is 27.2 Å². The number of carbonyl (C=O) groups is 3. The minimum absolute atomic E-state index is 0.0649. The number of hydrogen-bond acceptors (Lipinski definition) is 7. The molecule has 27 heavy (non-hydrogen) atoms. The smallest absolute Gasteiger partial charge is 0.312 e. The molecule has 0 aromatic carbocycles. The SMILES string of the molecule is CCC(C)C(=O)OCCOCOCCSCC(C)C(=O)NCCNC(N)=O. The van der Waals surface area contributed by atoms with Gasteiger partial charge >= 0.3 is 12.0 Å². The molecule has 3 amide bonds. The molecule has 4 N–H and O–H groups in total. The van der Waals surface area contributed by atoms with E-state index in [0.717, 1.165) is 12.2 Å². The summed E-state index contributed by atoms with van der Waals surface area (Å²) in [4.78, 5) is 33.7. The Labute approximate surface area is 165 Å². The molecule has 0 saturated carbocycles. The standard InChI is InChI=1S/C17H33N3O6S/c1-4-13(2)16(22)26-8-7-24-12-25-9-10-27-11-14(3)15(21)19-5-6-20-17(18)23/h13-14H,4-12H2,1-3H3,(H,19,21)(H3,18,20,23). The van der Waals surface area contributed by atoms with E-state index in [-0.39, 0.29) is 37.1 Å². The molecule has 10 heteroatoms. The topological polar surface area (TPSA) is 129 Å². The zero-order valence-electron chi connectivity index (χ0n) is 16.5. The Morgan fingerprint density at radius 1 is 1.00 bits per heavy atom. The van der Waals surface area contributed by atoms with Crippen LogP contribution in [0.3, 0.4) is 0 Å². The second-order valence-electron chi connectivity index (χ2n) is 5.97. The molecule has 2 atom stereocenters. The maximum Gasteiger partial charge on any atom is 0.312 e. The van der Waals surface area contributed by atoms with Crippen LogP contribution < -0.4 is 16.4 Å². The lowest BCUT2D eigenvalue weighted by atomic mass is 10.1. The molecule has 0 bridgehead atoms. The van der Waals surface area contributed by atoms with E-state index in [1.54, 1.807) is 11.8 Å². The molecule has 0 aromatic heterocycles. The van der Waals surface area contributed by atoms with Gasteiger partial charge in [-0.3, -0.25) is 9.59 Å². The van der Waals surface area contributed by atoms with Gasteiger partial charge in [-0.15, -0.1) is 0 Å². The highest BCUT2D eigenvalue weighted by molar-refractivity contribution is 7.99. The molecule has 158 valence electrons. The van der Waals surface area contributed by atoms with E-state index in [2.05, 4.69) is 10.6 Å². The van der Waals surface area contributed by atoms with Crippen LogP contribution >= 0.6 is 11.8 Å². The lowest BCUT2D eigenvalue weighted by molar-refractivity contribution is -0.151. The van der Waals surface area contributed by atoms with Gasteiger partial charge in [0.15, 0.2) is 0 Å². The minimum Gasteiger partial charge on any atom is -0.463 e. The molecule has 0 spiro atoms. The van der Waals surface area contributed by atoms with E-state index < -0.39 is 6.03 Å². The maximum atomic E-state index is 11.8. The van der Waals surface area contributed by atoms with Crippen molar-refractivity contribution in [2.24, 2.45) is 17.6 Å². The molecule has 0 aliphatic heterocycles. The van der Waals surface area contributed by atoms with Crippen LogP contribution in [0.4, 0.5) is 4.79 Å². The van der Waals surface area contributed by atoms with Gasteiger partial charge in [0.25, 0.3) is 0 Å². The maximum absolute atomic E-state index is 11.8. The quantitative estimate of drug-likeness (QED) is 0.195. The van der Waals surface area contributed by atoms with E-state index in [1.807, 2.05) is 20.8 Å². The Morgan fingerprint density at radius 2 is 1.67 bits per heavy atom. The molecule has 2 unspecified atom stereocenters. The van der Waals surface area contributed by atoms with Gasteiger partial charge in [-0.2, -0.15) is 11.8 Å². The molecule has 9 nitrogen and oxygen atoms in total. The predicted molar refractivity (Wildman–Crippen MR) is 104 cm³/mol. The summed E-state index contributed by atoms with van der Waals surface area (Å²) in [6.45, 7) is 7.45. The summed E-state index contributed by atoms with van der Waals surface area (Å²) in [7, 11) is 0. The van der Waals surface area contributed by atoms with Crippen LogP contribution in [0, 0.1) is 11.8 Å². The van der Waals surface area contributed by atoms with Crippen molar-refractivity contribution < 1.29 is 28.6 Å². The van der Waals surface area contributed by atoms with E-state index >= 15 is 0 Å². The third-order valence-electron chi connectivity index (χ3n) is 3.56. The van der Waals surface area contributed by atoms with Gasteiger partial charge in [0.05, 0.1) is 19.1 Å². The Hall–Kier alpha value is -1.52. The number of rotatable bonds is 16. The Kier molecular flexibility index (Phi) is 15.7. The summed E-state index contributed by atoms with van der Waals surface area (Å²) >= 11 is 1.61. The predicted octanol–water partition coefficient (Wildman–Crippen LogP) is 0.720. The number of ether oxygens (including phenoxy) is 3. The molecule has 0 heterocycles. The normalized spacial score (nSPS) is 12.9. The van der Waals surface area contributed by atoms with Crippen molar-refractivity contribution in [3.05, 3.63) is 0 Å². The first-order valence-corrected chi connectivity index (χ1v) is 10.2. The van der Waals surface area contributed by atoms with Crippen LogP contribution in [0.1, 0.15) is 27.2 Å². The molecule has 0 radical (unpaired) electrons. The Bertz CT molecular complexity index is 439. The summed E-state index contributed by atoms with van der Waals surface area (Å²) in [5.74, 6) is 0.915. The van der Waals surface area contributed by atoms with Crippen molar-refractivity contribution >= 4 is 29.7 Å². The van der Waals surface area contributed by atoms with E-state index in [1.165, 1.54) is 0 Å². The average molecular weight is 408 g/mol. The highest BCUT2D eigenvalue weighted by atomic mass is 32.2. The number of amides is 3. The third-order valence-corrected chi connectivity index (χ3v) is 4.76. The number of esters is 1. The average Bonchev–Trinajstić information content (AvgIpc) is 2.65. The molecule has 0 saturated heterocycles. The molecule has 0 aliphatic carbocycles. The molecule has 0 aromatic rings. The second-order valence-corrected chi connectivity index (χ2v) is 7.12. The first-order valence-electron chi connectivity index (χ1n) is 9.09. The third kappa shape index (κ3) is 15.3. The van der Waals surface area contributed by atoms with Gasteiger partial charge in [-0.05, 0) is 6.42 Å². The summed E-state index contributed by atoms with van der Waals surface area (Å²) < 4.78 is 15.6. The number of carbonyl (C=O) groups excluding carboxylic acids is 3. The molecular weight excluding hydrogens is 374 g/mol. The second kappa shape index (κ2) is 16.6. The monoisotopic (exact) mass is 407 g/mol. The number of nitrogens with two attached hydrogens (primary N) is 1. The molecule has 0 fully saturated rings. The number of thioether (sulfide) groups is 1. The summed E-state index contributed by atoms with van der Waals surface area (Å²) in [5.41, 5.74) is 4.93. The van der Waals surface area contributed by atoms with Crippen LogP contribution in [-0.4, -0.2) is 69.1 Å². The number of primary amides is 1. The minimum atomic E-state index is -0.607. The summed E-state index contributed by atoms with van der Waals surface area (Å²) in [6.07, 6.45) is 0.757. The zero-order chi connectivity index (χ0) is 20.5. The Balaban J connectivity index is 3.44.